The maximum atomic E-state index is 12.0. The molecule has 1 aliphatic rings. The lowest BCUT2D eigenvalue weighted by Crippen LogP contribution is -2.48. The van der Waals surface area contributed by atoms with Gasteiger partial charge in [0.05, 0.1) is 6.61 Å². The van der Waals surface area contributed by atoms with Crippen LogP contribution in [0.4, 0.5) is 0 Å². The Morgan fingerprint density at radius 1 is 1.09 bits per heavy atom. The van der Waals surface area contributed by atoms with Crippen molar-refractivity contribution in [3.8, 4) is 0 Å². The van der Waals surface area contributed by atoms with Crippen molar-refractivity contribution in [3.05, 3.63) is 35.9 Å². The number of nitrogens with zero attached hydrogens (tertiary/aromatic N) is 2. The van der Waals surface area contributed by atoms with Gasteiger partial charge < -0.3 is 9.64 Å². The van der Waals surface area contributed by atoms with E-state index >= 15 is 0 Å². The van der Waals surface area contributed by atoms with Gasteiger partial charge in [-0.15, -0.1) is 12.4 Å². The molecule has 0 saturated carbocycles. The van der Waals surface area contributed by atoms with Crippen LogP contribution in [-0.4, -0.2) is 54.5 Å². The van der Waals surface area contributed by atoms with Gasteiger partial charge in [-0.25, -0.2) is 0 Å². The van der Waals surface area contributed by atoms with Crippen molar-refractivity contribution in [2.75, 3.05) is 32.8 Å². The minimum absolute atomic E-state index is 0. The van der Waals surface area contributed by atoms with Gasteiger partial charge in [-0.05, 0) is 12.5 Å². The fraction of sp³-hybridized carbons (Fsp3) is 0.500. The molecule has 1 fully saturated rings. The summed E-state index contributed by atoms with van der Waals surface area (Å²) < 4.78 is 4.81. The maximum Gasteiger partial charge on any atom is 0.315 e. The molecule has 1 amide bonds. The van der Waals surface area contributed by atoms with Crippen LogP contribution in [0.3, 0.4) is 0 Å². The second-order valence-corrected chi connectivity index (χ2v) is 5.12. The monoisotopic (exact) mass is 326 g/mol. The Hall–Kier alpha value is -1.59. The van der Waals surface area contributed by atoms with Crippen molar-refractivity contribution in [3.63, 3.8) is 0 Å². The largest absolute Gasteiger partial charge is 0.466 e. The summed E-state index contributed by atoms with van der Waals surface area (Å²) in [4.78, 5) is 27.3. The average Bonchev–Trinajstić information content (AvgIpc) is 2.49. The summed E-state index contributed by atoms with van der Waals surface area (Å²) in [6.45, 7) is 5.98. The molecule has 1 saturated heterocycles. The van der Waals surface area contributed by atoms with Crippen molar-refractivity contribution < 1.29 is 14.3 Å². The van der Waals surface area contributed by atoms with Gasteiger partial charge >= 0.3 is 5.97 Å². The number of piperazine rings is 1. The lowest BCUT2D eigenvalue weighted by Gasteiger charge is -2.34. The average molecular weight is 327 g/mol. The summed E-state index contributed by atoms with van der Waals surface area (Å²) in [5, 5.41) is 0. The maximum absolute atomic E-state index is 12.0. The van der Waals surface area contributed by atoms with Crippen molar-refractivity contribution >= 4 is 24.3 Å². The predicted octanol–water partition coefficient (Wildman–Crippen LogP) is 1.71. The van der Waals surface area contributed by atoms with E-state index in [1.54, 1.807) is 11.8 Å². The number of halogens is 1. The van der Waals surface area contributed by atoms with Crippen LogP contribution in [0.1, 0.15) is 18.9 Å². The Morgan fingerprint density at radius 3 is 2.32 bits per heavy atom. The minimum Gasteiger partial charge on any atom is -0.466 e. The highest BCUT2D eigenvalue weighted by Gasteiger charge is 2.23. The molecule has 0 N–H and O–H groups in total. The van der Waals surface area contributed by atoms with Gasteiger partial charge in [0.25, 0.3) is 0 Å². The van der Waals surface area contributed by atoms with E-state index in [-0.39, 0.29) is 24.7 Å². The standard InChI is InChI=1S/C16H22N2O3.ClH/c1-2-21-16(20)12-15(19)18-10-8-17(9-11-18)13-14-6-4-3-5-7-14;/h3-7H,2,8-13H2,1H3;1H. The highest BCUT2D eigenvalue weighted by molar-refractivity contribution is 5.94. The number of esters is 1. The van der Waals surface area contributed by atoms with Crippen LogP contribution in [-0.2, 0) is 20.9 Å². The molecule has 1 aromatic carbocycles. The normalized spacial score (nSPS) is 15.0. The third-order valence-electron chi connectivity index (χ3n) is 3.57. The van der Waals surface area contributed by atoms with Gasteiger partial charge in [0, 0.05) is 32.7 Å². The molecular weight excluding hydrogens is 304 g/mol. The van der Waals surface area contributed by atoms with E-state index in [1.165, 1.54) is 5.56 Å². The molecule has 5 nitrogen and oxygen atoms in total. The predicted molar refractivity (Wildman–Crippen MR) is 86.8 cm³/mol. The van der Waals surface area contributed by atoms with Crippen LogP contribution in [0.25, 0.3) is 0 Å². The molecule has 2 rings (SSSR count). The SMILES string of the molecule is CCOC(=O)CC(=O)N1CCN(Cc2ccccc2)CC1.Cl. The fourth-order valence-electron chi connectivity index (χ4n) is 2.44. The first kappa shape index (κ1) is 18.5. The van der Waals surface area contributed by atoms with E-state index in [4.69, 9.17) is 4.74 Å². The summed E-state index contributed by atoms with van der Waals surface area (Å²) in [6.07, 6.45) is -0.146. The van der Waals surface area contributed by atoms with Crippen LogP contribution in [0.2, 0.25) is 0 Å². The highest BCUT2D eigenvalue weighted by atomic mass is 35.5. The van der Waals surface area contributed by atoms with Crippen LogP contribution in [0.5, 0.6) is 0 Å². The smallest absolute Gasteiger partial charge is 0.315 e. The lowest BCUT2D eigenvalue weighted by atomic mass is 10.2. The topological polar surface area (TPSA) is 49.9 Å². The molecule has 1 heterocycles. The van der Waals surface area contributed by atoms with Gasteiger partial charge in [0.15, 0.2) is 0 Å². The van der Waals surface area contributed by atoms with Crippen LogP contribution >= 0.6 is 12.4 Å². The Bertz CT molecular complexity index is 474. The number of hydrogen-bond acceptors (Lipinski definition) is 4. The summed E-state index contributed by atoms with van der Waals surface area (Å²) in [6, 6.07) is 10.3. The Morgan fingerprint density at radius 2 is 1.73 bits per heavy atom. The summed E-state index contributed by atoms with van der Waals surface area (Å²) in [7, 11) is 0. The molecule has 0 aliphatic carbocycles. The van der Waals surface area contributed by atoms with E-state index in [2.05, 4.69) is 17.0 Å². The van der Waals surface area contributed by atoms with Crippen LogP contribution < -0.4 is 0 Å². The molecule has 122 valence electrons. The van der Waals surface area contributed by atoms with Crippen molar-refractivity contribution in [2.45, 2.75) is 19.9 Å². The summed E-state index contributed by atoms with van der Waals surface area (Å²) >= 11 is 0. The van der Waals surface area contributed by atoms with Crippen LogP contribution in [0.15, 0.2) is 30.3 Å². The lowest BCUT2D eigenvalue weighted by molar-refractivity contribution is -0.149. The number of hydrogen-bond donors (Lipinski definition) is 0. The van der Waals surface area contributed by atoms with Crippen LogP contribution in [0, 0.1) is 0 Å². The van der Waals surface area contributed by atoms with E-state index in [1.807, 2.05) is 18.2 Å². The van der Waals surface area contributed by atoms with Gasteiger partial charge in [0.1, 0.15) is 6.42 Å². The number of benzene rings is 1. The second-order valence-electron chi connectivity index (χ2n) is 5.12. The molecule has 22 heavy (non-hydrogen) atoms. The van der Waals surface area contributed by atoms with Crippen molar-refractivity contribution in [2.24, 2.45) is 0 Å². The number of amides is 1. The Labute approximate surface area is 137 Å². The molecule has 0 aromatic heterocycles. The number of ether oxygens (including phenoxy) is 1. The number of rotatable bonds is 5. The number of carbonyl (C=O) groups excluding carboxylic acids is 2. The number of carbonyl (C=O) groups is 2. The van der Waals surface area contributed by atoms with Gasteiger partial charge in [-0.3, -0.25) is 14.5 Å². The molecule has 6 heteroatoms. The van der Waals surface area contributed by atoms with E-state index in [0.717, 1.165) is 19.6 Å². The summed E-state index contributed by atoms with van der Waals surface area (Å²) in [5.41, 5.74) is 1.28. The minimum atomic E-state index is -0.436. The zero-order chi connectivity index (χ0) is 15.1. The molecule has 1 aliphatic heterocycles. The fourth-order valence-corrected chi connectivity index (χ4v) is 2.44. The third kappa shape index (κ3) is 5.66. The highest BCUT2D eigenvalue weighted by Crippen LogP contribution is 2.09. The molecule has 0 radical (unpaired) electrons. The molecular formula is C16H23ClN2O3. The van der Waals surface area contributed by atoms with E-state index < -0.39 is 5.97 Å². The molecule has 0 spiro atoms. The van der Waals surface area contributed by atoms with E-state index in [0.29, 0.717) is 19.7 Å². The molecule has 0 bridgehead atoms. The Balaban J connectivity index is 0.00000242. The summed E-state index contributed by atoms with van der Waals surface area (Å²) in [5.74, 6) is -0.568. The first-order valence-corrected chi connectivity index (χ1v) is 7.38. The van der Waals surface area contributed by atoms with Crippen molar-refractivity contribution in [1.29, 1.82) is 0 Å². The first-order chi connectivity index (χ1) is 10.2. The van der Waals surface area contributed by atoms with Gasteiger partial charge in [-0.2, -0.15) is 0 Å². The molecule has 0 atom stereocenters. The van der Waals surface area contributed by atoms with Crippen molar-refractivity contribution in [1.82, 2.24) is 9.80 Å². The third-order valence-corrected chi connectivity index (χ3v) is 3.57. The van der Waals surface area contributed by atoms with Gasteiger partial charge in [-0.1, -0.05) is 30.3 Å². The van der Waals surface area contributed by atoms with Gasteiger partial charge in [0.2, 0.25) is 5.91 Å². The first-order valence-electron chi connectivity index (χ1n) is 7.38. The second kappa shape index (κ2) is 9.43. The molecule has 1 aromatic rings. The molecule has 0 unspecified atom stereocenters. The Kier molecular flexibility index (Phi) is 7.91. The zero-order valence-electron chi connectivity index (χ0n) is 12.9. The zero-order valence-corrected chi connectivity index (χ0v) is 13.7. The van der Waals surface area contributed by atoms with E-state index in [9.17, 15) is 9.59 Å². The quantitative estimate of drug-likeness (QED) is 0.610.